The Balaban J connectivity index is 1.53. The molecule has 3 heterocycles. The number of hydrogen-bond acceptors (Lipinski definition) is 9. The summed E-state index contributed by atoms with van der Waals surface area (Å²) in [4.78, 5) is 34.9. The predicted molar refractivity (Wildman–Crippen MR) is 127 cm³/mol. The number of fused-ring (bicyclic) bond motifs is 1. The fourth-order valence-electron chi connectivity index (χ4n) is 3.63. The van der Waals surface area contributed by atoms with Crippen molar-refractivity contribution in [3.05, 3.63) is 81.1 Å². The number of para-hydroxylation sites is 1. The van der Waals surface area contributed by atoms with Crippen molar-refractivity contribution in [1.82, 2.24) is 14.9 Å². The number of nitrogens with one attached hydrogen (secondary N) is 1. The van der Waals surface area contributed by atoms with Gasteiger partial charge in [-0.3, -0.25) is 9.69 Å². The van der Waals surface area contributed by atoms with Crippen LogP contribution < -0.4 is 10.3 Å². The first kappa shape index (κ1) is 23.7. The molecule has 0 amide bonds. The summed E-state index contributed by atoms with van der Waals surface area (Å²) in [6.07, 6.45) is 0.790. The van der Waals surface area contributed by atoms with Crippen molar-refractivity contribution in [3.8, 4) is 5.75 Å². The highest BCUT2D eigenvalue weighted by Gasteiger charge is 2.21. The molecule has 0 aliphatic heterocycles. The average molecular weight is 484 g/mol. The van der Waals surface area contributed by atoms with Gasteiger partial charge in [0.1, 0.15) is 39.8 Å². The number of aliphatic hydroxyl groups excluding tert-OH is 1. The number of aryl methyl sites for hydroxylation is 1. The third-order valence-electron chi connectivity index (χ3n) is 5.21. The van der Waals surface area contributed by atoms with Crippen LogP contribution in [0, 0.1) is 6.92 Å². The Morgan fingerprint density at radius 1 is 1.24 bits per heavy atom. The van der Waals surface area contributed by atoms with E-state index in [-0.39, 0.29) is 25.3 Å². The minimum atomic E-state index is -0.791. The SMILES string of the molecule is COC(=O)c1sc2nc(CN(Cc3ccco3)C[C@H](O)COc3ccccc3)[nH]c(=O)c2c1C. The lowest BCUT2D eigenvalue weighted by Gasteiger charge is -2.24. The van der Waals surface area contributed by atoms with Gasteiger partial charge < -0.3 is 24.0 Å². The van der Waals surface area contributed by atoms with Crippen LogP contribution in [0.25, 0.3) is 10.2 Å². The first-order valence-corrected chi connectivity index (χ1v) is 11.5. The molecule has 34 heavy (non-hydrogen) atoms. The van der Waals surface area contributed by atoms with E-state index in [9.17, 15) is 14.7 Å². The Labute approximate surface area is 199 Å². The lowest BCUT2D eigenvalue weighted by molar-refractivity contribution is 0.0594. The molecule has 1 atom stereocenters. The third kappa shape index (κ3) is 5.53. The van der Waals surface area contributed by atoms with Crippen LogP contribution in [0.1, 0.15) is 26.8 Å². The molecule has 10 heteroatoms. The quantitative estimate of drug-likeness (QED) is 0.331. The first-order valence-electron chi connectivity index (χ1n) is 10.7. The van der Waals surface area contributed by atoms with E-state index >= 15 is 0 Å². The largest absolute Gasteiger partial charge is 0.491 e. The lowest BCUT2D eigenvalue weighted by atomic mass is 10.2. The summed E-state index contributed by atoms with van der Waals surface area (Å²) in [5.41, 5.74) is 0.225. The van der Waals surface area contributed by atoms with Gasteiger partial charge in [0.15, 0.2) is 0 Å². The maximum absolute atomic E-state index is 12.8. The Kier molecular flexibility index (Phi) is 7.41. The molecule has 1 aromatic carbocycles. The fourth-order valence-corrected chi connectivity index (χ4v) is 4.75. The second kappa shape index (κ2) is 10.6. The Morgan fingerprint density at radius 3 is 2.74 bits per heavy atom. The van der Waals surface area contributed by atoms with Crippen LogP contribution in [0.5, 0.6) is 5.75 Å². The second-order valence-corrected chi connectivity index (χ2v) is 8.77. The molecule has 9 nitrogen and oxygen atoms in total. The molecule has 4 rings (SSSR count). The Bertz CT molecular complexity index is 1300. The van der Waals surface area contributed by atoms with Crippen LogP contribution in [-0.4, -0.2) is 52.3 Å². The number of carbonyl (C=O) groups is 1. The number of carbonyl (C=O) groups excluding carboxylic acids is 1. The molecule has 0 aliphatic carbocycles. The molecule has 178 valence electrons. The number of thiophene rings is 1. The molecule has 3 aromatic heterocycles. The van der Waals surface area contributed by atoms with Gasteiger partial charge in [-0.1, -0.05) is 18.2 Å². The Morgan fingerprint density at radius 2 is 2.03 bits per heavy atom. The second-order valence-electron chi connectivity index (χ2n) is 7.77. The maximum atomic E-state index is 12.8. The fraction of sp³-hybridized carbons (Fsp3) is 0.292. The molecular weight excluding hydrogens is 458 g/mol. The minimum Gasteiger partial charge on any atom is -0.491 e. The molecule has 0 unspecified atom stereocenters. The molecule has 0 spiro atoms. The van der Waals surface area contributed by atoms with Gasteiger partial charge in [0, 0.05) is 6.54 Å². The number of aliphatic hydroxyl groups is 1. The molecule has 0 bridgehead atoms. The standard InChI is InChI=1S/C24H25N3O6S/c1-15-20-22(29)25-19(26-23(20)34-21(15)24(30)31-2)13-27(12-18-9-6-10-32-18)11-16(28)14-33-17-7-4-3-5-8-17/h3-10,16,28H,11-14H2,1-2H3,(H,25,26,29)/t16-/m0/s1. The van der Waals surface area contributed by atoms with E-state index in [2.05, 4.69) is 9.97 Å². The van der Waals surface area contributed by atoms with E-state index in [1.807, 2.05) is 41.3 Å². The molecule has 2 N–H and O–H groups in total. The highest BCUT2D eigenvalue weighted by Crippen LogP contribution is 2.27. The Hall–Kier alpha value is -3.47. The topological polar surface area (TPSA) is 118 Å². The van der Waals surface area contributed by atoms with Crippen molar-refractivity contribution in [2.75, 3.05) is 20.3 Å². The van der Waals surface area contributed by atoms with Crippen molar-refractivity contribution in [2.24, 2.45) is 0 Å². The van der Waals surface area contributed by atoms with Crippen LogP contribution in [0.3, 0.4) is 0 Å². The van der Waals surface area contributed by atoms with Gasteiger partial charge in [-0.25, -0.2) is 9.78 Å². The summed E-state index contributed by atoms with van der Waals surface area (Å²) in [6, 6.07) is 12.9. The number of hydrogen-bond donors (Lipinski definition) is 2. The highest BCUT2D eigenvalue weighted by molar-refractivity contribution is 7.20. The molecule has 4 aromatic rings. The van der Waals surface area contributed by atoms with E-state index in [1.165, 1.54) is 7.11 Å². The van der Waals surface area contributed by atoms with Crippen LogP contribution in [0.4, 0.5) is 0 Å². The number of H-pyrrole nitrogens is 1. The van der Waals surface area contributed by atoms with Crippen molar-refractivity contribution in [3.63, 3.8) is 0 Å². The third-order valence-corrected chi connectivity index (χ3v) is 6.37. The number of nitrogens with zero attached hydrogens (tertiary/aromatic N) is 2. The first-order chi connectivity index (χ1) is 16.4. The minimum absolute atomic E-state index is 0.105. The van der Waals surface area contributed by atoms with Crippen LogP contribution in [0.2, 0.25) is 0 Å². The van der Waals surface area contributed by atoms with Crippen LogP contribution in [-0.2, 0) is 17.8 Å². The van der Waals surface area contributed by atoms with Crippen molar-refractivity contribution >= 4 is 27.5 Å². The van der Waals surface area contributed by atoms with Crippen LogP contribution >= 0.6 is 11.3 Å². The zero-order chi connectivity index (χ0) is 24.1. The molecular formula is C24H25N3O6S. The van der Waals surface area contributed by atoms with E-state index < -0.39 is 12.1 Å². The van der Waals surface area contributed by atoms with Crippen molar-refractivity contribution in [2.45, 2.75) is 26.1 Å². The summed E-state index contributed by atoms with van der Waals surface area (Å²) in [5, 5.41) is 11.0. The number of aromatic amines is 1. The van der Waals surface area contributed by atoms with Crippen molar-refractivity contribution < 1.29 is 23.8 Å². The number of aromatic nitrogens is 2. The summed E-state index contributed by atoms with van der Waals surface area (Å²) < 4.78 is 15.9. The molecule has 0 fully saturated rings. The normalized spacial score (nSPS) is 12.2. The number of ether oxygens (including phenoxy) is 2. The van der Waals surface area contributed by atoms with Gasteiger partial charge in [-0.05, 0) is 36.8 Å². The molecule has 0 saturated heterocycles. The van der Waals surface area contributed by atoms with E-state index in [4.69, 9.17) is 13.9 Å². The van der Waals surface area contributed by atoms with Crippen molar-refractivity contribution in [1.29, 1.82) is 0 Å². The van der Waals surface area contributed by atoms with E-state index in [1.54, 1.807) is 19.3 Å². The predicted octanol–water partition coefficient (Wildman–Crippen LogP) is 3.11. The highest BCUT2D eigenvalue weighted by atomic mass is 32.1. The van der Waals surface area contributed by atoms with Gasteiger partial charge in [-0.15, -0.1) is 11.3 Å². The average Bonchev–Trinajstić information content (AvgIpc) is 3.45. The molecule has 0 radical (unpaired) electrons. The number of methoxy groups -OCH3 is 1. The molecule has 0 aliphatic rings. The van der Waals surface area contributed by atoms with Gasteiger partial charge in [-0.2, -0.15) is 0 Å². The summed E-state index contributed by atoms with van der Waals surface area (Å²) in [7, 11) is 1.30. The van der Waals surface area contributed by atoms with Crippen LogP contribution in [0.15, 0.2) is 57.9 Å². The maximum Gasteiger partial charge on any atom is 0.348 e. The summed E-state index contributed by atoms with van der Waals surface area (Å²) >= 11 is 1.12. The number of furan rings is 1. The number of esters is 1. The summed E-state index contributed by atoms with van der Waals surface area (Å²) in [5.74, 6) is 1.30. The van der Waals surface area contributed by atoms with E-state index in [0.717, 1.165) is 11.3 Å². The lowest BCUT2D eigenvalue weighted by Crippen LogP contribution is -2.35. The zero-order valence-electron chi connectivity index (χ0n) is 18.8. The van der Waals surface area contributed by atoms with Gasteiger partial charge in [0.2, 0.25) is 0 Å². The number of benzene rings is 1. The molecule has 0 saturated carbocycles. The van der Waals surface area contributed by atoms with E-state index in [0.29, 0.717) is 44.5 Å². The van der Waals surface area contributed by atoms with Gasteiger partial charge >= 0.3 is 5.97 Å². The van der Waals surface area contributed by atoms with Gasteiger partial charge in [0.25, 0.3) is 5.56 Å². The van der Waals surface area contributed by atoms with Gasteiger partial charge in [0.05, 0.1) is 31.8 Å². The monoisotopic (exact) mass is 483 g/mol. The number of rotatable bonds is 10. The smallest absolute Gasteiger partial charge is 0.348 e. The zero-order valence-corrected chi connectivity index (χ0v) is 19.6. The summed E-state index contributed by atoms with van der Waals surface area (Å²) in [6.45, 7) is 2.71.